The maximum absolute atomic E-state index is 12.8. The highest BCUT2D eigenvalue weighted by molar-refractivity contribution is 5.97. The molecule has 0 unspecified atom stereocenters. The zero-order chi connectivity index (χ0) is 16.7. The molecule has 0 saturated carbocycles. The lowest BCUT2D eigenvalue weighted by Crippen LogP contribution is -2.28. The summed E-state index contributed by atoms with van der Waals surface area (Å²) in [4.78, 5) is 15.1. The standard InChI is InChI=1S/C21H22N2O/c1-15-8-9-19-18(12-15)17-10-11-22(2)13-20(17)23(19)14-21(24)16-6-4-3-5-7-16/h3-9,12H,10-11,13-14H2,1-2H3. The Kier molecular flexibility index (Phi) is 3.73. The molecule has 0 spiro atoms. The van der Waals surface area contributed by atoms with E-state index in [0.29, 0.717) is 6.54 Å². The van der Waals surface area contributed by atoms with Gasteiger partial charge in [-0.25, -0.2) is 0 Å². The lowest BCUT2D eigenvalue weighted by Gasteiger charge is -2.24. The van der Waals surface area contributed by atoms with Gasteiger partial charge in [-0.3, -0.25) is 4.79 Å². The number of hydrogen-bond donors (Lipinski definition) is 0. The summed E-state index contributed by atoms with van der Waals surface area (Å²) in [6.45, 7) is 4.53. The molecular formula is C21H22N2O. The van der Waals surface area contributed by atoms with Crippen molar-refractivity contribution in [2.24, 2.45) is 0 Å². The highest BCUT2D eigenvalue weighted by atomic mass is 16.1. The molecule has 1 aliphatic rings. The summed E-state index contributed by atoms with van der Waals surface area (Å²) in [5.74, 6) is 0.170. The number of rotatable bonds is 3. The van der Waals surface area contributed by atoms with Crippen LogP contribution in [0.4, 0.5) is 0 Å². The lowest BCUT2D eigenvalue weighted by molar-refractivity contribution is 0.0971. The Bertz CT molecular complexity index is 908. The summed E-state index contributed by atoms with van der Waals surface area (Å²) in [7, 11) is 2.15. The molecule has 3 aromatic rings. The normalized spacial score (nSPS) is 14.8. The van der Waals surface area contributed by atoms with Gasteiger partial charge in [0.2, 0.25) is 0 Å². The fraction of sp³-hybridized carbons (Fsp3) is 0.286. The van der Waals surface area contributed by atoms with Crippen molar-refractivity contribution in [1.29, 1.82) is 0 Å². The van der Waals surface area contributed by atoms with E-state index in [1.54, 1.807) is 0 Å². The Balaban J connectivity index is 1.82. The second-order valence-corrected chi connectivity index (χ2v) is 6.81. The molecular weight excluding hydrogens is 296 g/mol. The summed E-state index contributed by atoms with van der Waals surface area (Å²) in [6.07, 6.45) is 1.05. The van der Waals surface area contributed by atoms with E-state index in [9.17, 15) is 4.79 Å². The third kappa shape index (κ3) is 2.55. The smallest absolute Gasteiger partial charge is 0.182 e. The summed E-state index contributed by atoms with van der Waals surface area (Å²) < 4.78 is 2.23. The molecule has 4 rings (SSSR count). The van der Waals surface area contributed by atoms with Gasteiger partial charge in [0.05, 0.1) is 6.54 Å². The Morgan fingerprint density at radius 2 is 1.92 bits per heavy atom. The average Bonchev–Trinajstić information content (AvgIpc) is 2.88. The van der Waals surface area contributed by atoms with Gasteiger partial charge in [0, 0.05) is 35.2 Å². The van der Waals surface area contributed by atoms with Gasteiger partial charge < -0.3 is 9.47 Å². The quantitative estimate of drug-likeness (QED) is 0.686. The van der Waals surface area contributed by atoms with E-state index in [2.05, 4.69) is 41.6 Å². The molecule has 24 heavy (non-hydrogen) atoms. The third-order valence-electron chi connectivity index (χ3n) is 5.00. The molecule has 2 heterocycles. The fourth-order valence-electron chi connectivity index (χ4n) is 3.73. The predicted octanol–water partition coefficient (Wildman–Crippen LogP) is 3.82. The molecule has 0 atom stereocenters. The maximum atomic E-state index is 12.8. The number of ketones is 1. The highest BCUT2D eigenvalue weighted by Gasteiger charge is 2.23. The molecule has 0 fully saturated rings. The van der Waals surface area contributed by atoms with Crippen LogP contribution in [0.3, 0.4) is 0 Å². The Labute approximate surface area is 142 Å². The molecule has 3 nitrogen and oxygen atoms in total. The summed E-state index contributed by atoms with van der Waals surface area (Å²) in [5, 5.41) is 1.32. The van der Waals surface area contributed by atoms with Gasteiger partial charge in [0.1, 0.15) is 0 Å². The van der Waals surface area contributed by atoms with E-state index in [-0.39, 0.29) is 5.78 Å². The van der Waals surface area contributed by atoms with Crippen molar-refractivity contribution in [2.45, 2.75) is 26.4 Å². The van der Waals surface area contributed by atoms with Crippen molar-refractivity contribution in [2.75, 3.05) is 13.6 Å². The second kappa shape index (κ2) is 5.91. The number of benzene rings is 2. The van der Waals surface area contributed by atoms with Gasteiger partial charge in [-0.1, -0.05) is 42.0 Å². The van der Waals surface area contributed by atoms with Crippen LogP contribution in [0, 0.1) is 6.92 Å². The molecule has 1 aromatic heterocycles. The van der Waals surface area contributed by atoms with Crippen LogP contribution >= 0.6 is 0 Å². The van der Waals surface area contributed by atoms with Gasteiger partial charge in [-0.05, 0) is 38.1 Å². The molecule has 0 amide bonds. The number of aryl methyl sites for hydroxylation is 1. The topological polar surface area (TPSA) is 25.2 Å². The van der Waals surface area contributed by atoms with Crippen LogP contribution in [0.2, 0.25) is 0 Å². The predicted molar refractivity (Wildman–Crippen MR) is 97.5 cm³/mol. The fourth-order valence-corrected chi connectivity index (χ4v) is 3.73. The summed E-state index contributed by atoms with van der Waals surface area (Å²) >= 11 is 0. The minimum Gasteiger partial charge on any atom is -0.335 e. The number of carbonyl (C=O) groups excluding carboxylic acids is 1. The number of Topliss-reactive ketones (excluding diaryl/α,β-unsaturated/α-hetero) is 1. The highest BCUT2D eigenvalue weighted by Crippen LogP contribution is 2.31. The van der Waals surface area contributed by atoms with Crippen molar-refractivity contribution < 1.29 is 4.79 Å². The van der Waals surface area contributed by atoms with Crippen molar-refractivity contribution >= 4 is 16.7 Å². The first-order valence-corrected chi connectivity index (χ1v) is 8.51. The molecule has 0 N–H and O–H groups in total. The van der Waals surface area contributed by atoms with E-state index in [1.807, 2.05) is 30.3 Å². The van der Waals surface area contributed by atoms with E-state index < -0.39 is 0 Å². The van der Waals surface area contributed by atoms with Gasteiger partial charge in [0.25, 0.3) is 0 Å². The Hall–Kier alpha value is -2.39. The van der Waals surface area contributed by atoms with Crippen LogP contribution in [-0.4, -0.2) is 28.8 Å². The van der Waals surface area contributed by atoms with Crippen molar-refractivity contribution in [3.05, 3.63) is 70.9 Å². The molecule has 0 radical (unpaired) electrons. The molecule has 2 aromatic carbocycles. The largest absolute Gasteiger partial charge is 0.335 e. The van der Waals surface area contributed by atoms with E-state index >= 15 is 0 Å². The van der Waals surface area contributed by atoms with Gasteiger partial charge in [0.15, 0.2) is 5.78 Å². The van der Waals surface area contributed by atoms with Crippen LogP contribution < -0.4 is 0 Å². The number of fused-ring (bicyclic) bond motifs is 3. The molecule has 0 saturated heterocycles. The molecule has 0 aliphatic carbocycles. The molecule has 122 valence electrons. The first kappa shape index (κ1) is 15.2. The average molecular weight is 318 g/mol. The minimum absolute atomic E-state index is 0.170. The van der Waals surface area contributed by atoms with E-state index in [4.69, 9.17) is 0 Å². The third-order valence-corrected chi connectivity index (χ3v) is 5.00. The summed E-state index contributed by atoms with van der Waals surface area (Å²) in [5.41, 5.74) is 5.96. The summed E-state index contributed by atoms with van der Waals surface area (Å²) in [6, 6.07) is 16.2. The van der Waals surface area contributed by atoms with E-state index in [0.717, 1.165) is 25.1 Å². The van der Waals surface area contributed by atoms with Crippen LogP contribution in [0.1, 0.15) is 27.2 Å². The Morgan fingerprint density at radius 1 is 1.12 bits per heavy atom. The number of likely N-dealkylation sites (N-methyl/N-ethyl adjacent to an activating group) is 1. The maximum Gasteiger partial charge on any atom is 0.182 e. The van der Waals surface area contributed by atoms with E-state index in [1.165, 1.54) is 27.7 Å². The van der Waals surface area contributed by atoms with Gasteiger partial charge >= 0.3 is 0 Å². The number of nitrogens with zero attached hydrogens (tertiary/aromatic N) is 2. The zero-order valence-electron chi connectivity index (χ0n) is 14.2. The molecule has 1 aliphatic heterocycles. The van der Waals surface area contributed by atoms with Gasteiger partial charge in [-0.15, -0.1) is 0 Å². The van der Waals surface area contributed by atoms with Crippen molar-refractivity contribution in [3.63, 3.8) is 0 Å². The van der Waals surface area contributed by atoms with Crippen molar-refractivity contribution in [3.8, 4) is 0 Å². The lowest BCUT2D eigenvalue weighted by atomic mass is 10.0. The second-order valence-electron chi connectivity index (χ2n) is 6.81. The monoisotopic (exact) mass is 318 g/mol. The first-order chi connectivity index (χ1) is 11.6. The van der Waals surface area contributed by atoms with Gasteiger partial charge in [-0.2, -0.15) is 0 Å². The zero-order valence-corrected chi connectivity index (χ0v) is 14.2. The van der Waals surface area contributed by atoms with Crippen LogP contribution in [0.15, 0.2) is 48.5 Å². The number of aromatic nitrogens is 1. The number of hydrogen-bond acceptors (Lipinski definition) is 2. The molecule has 3 heteroatoms. The SMILES string of the molecule is Cc1ccc2c(c1)c1c(n2CC(=O)c2ccccc2)CN(C)CC1. The number of carbonyl (C=O) groups is 1. The Morgan fingerprint density at radius 3 is 2.71 bits per heavy atom. The van der Waals surface area contributed by atoms with Crippen LogP contribution in [0.5, 0.6) is 0 Å². The van der Waals surface area contributed by atoms with Crippen LogP contribution in [-0.2, 0) is 19.5 Å². The van der Waals surface area contributed by atoms with Crippen LogP contribution in [0.25, 0.3) is 10.9 Å². The van der Waals surface area contributed by atoms with Crippen molar-refractivity contribution in [1.82, 2.24) is 9.47 Å². The molecule has 0 bridgehead atoms. The minimum atomic E-state index is 0.170. The first-order valence-electron chi connectivity index (χ1n) is 8.51.